The van der Waals surface area contributed by atoms with E-state index in [-0.39, 0.29) is 12.2 Å². The highest BCUT2D eigenvalue weighted by Crippen LogP contribution is 2.19. The lowest BCUT2D eigenvalue weighted by Gasteiger charge is -2.12. The van der Waals surface area contributed by atoms with Gasteiger partial charge in [0.15, 0.2) is 0 Å². The first-order valence-corrected chi connectivity index (χ1v) is 5.90. The molecular weight excluding hydrogens is 224 g/mol. The van der Waals surface area contributed by atoms with Gasteiger partial charge in [-0.2, -0.15) is 0 Å². The van der Waals surface area contributed by atoms with Crippen LogP contribution in [-0.2, 0) is 17.8 Å². The molecule has 0 bridgehead atoms. The average Bonchev–Trinajstić information content (AvgIpc) is 2.76. The van der Waals surface area contributed by atoms with Crippen LogP contribution in [0.25, 0.3) is 0 Å². The summed E-state index contributed by atoms with van der Waals surface area (Å²) in [4.78, 5) is 0. The Hall–Kier alpha value is -1.00. The van der Waals surface area contributed by atoms with Gasteiger partial charge in [0, 0.05) is 18.7 Å². The maximum absolute atomic E-state index is 13.6. The minimum Gasteiger partial charge on any atom is -0.380 e. The molecular formula is C13H17F2NO. The predicted molar refractivity (Wildman–Crippen MR) is 61.8 cm³/mol. The fourth-order valence-corrected chi connectivity index (χ4v) is 2.27. The zero-order valence-corrected chi connectivity index (χ0v) is 9.93. The van der Waals surface area contributed by atoms with Crippen molar-refractivity contribution >= 4 is 0 Å². The van der Waals surface area contributed by atoms with E-state index in [0.717, 1.165) is 19.4 Å². The third-order valence-electron chi connectivity index (χ3n) is 3.13. The van der Waals surface area contributed by atoms with Gasteiger partial charge in [0.05, 0.1) is 6.61 Å². The Labute approximate surface area is 100.0 Å². The molecule has 1 unspecified atom stereocenters. The van der Waals surface area contributed by atoms with Crippen molar-refractivity contribution in [2.24, 2.45) is 0 Å². The van der Waals surface area contributed by atoms with Crippen molar-refractivity contribution in [3.63, 3.8) is 0 Å². The number of nitrogens with one attached hydrogen (secondary N) is 1. The molecule has 4 heteroatoms. The van der Waals surface area contributed by atoms with Gasteiger partial charge >= 0.3 is 0 Å². The standard InChI is InChI=1S/C13H17F2NO/c1-17-8-11-12(14)6-9(7-13(11)15)5-10-3-2-4-16-10/h6-7,10,16H,2-5,8H2,1H3. The summed E-state index contributed by atoms with van der Waals surface area (Å²) in [6, 6.07) is 3.18. The van der Waals surface area contributed by atoms with Gasteiger partial charge in [-0.3, -0.25) is 0 Å². The zero-order chi connectivity index (χ0) is 12.3. The van der Waals surface area contributed by atoms with E-state index in [1.807, 2.05) is 0 Å². The maximum atomic E-state index is 13.6. The molecule has 0 spiro atoms. The molecule has 0 aliphatic carbocycles. The molecule has 1 N–H and O–H groups in total. The topological polar surface area (TPSA) is 21.3 Å². The molecule has 94 valence electrons. The Bertz CT molecular complexity index is 366. The number of ether oxygens (including phenoxy) is 1. The van der Waals surface area contributed by atoms with Crippen molar-refractivity contribution in [3.05, 3.63) is 34.9 Å². The molecule has 1 fully saturated rings. The molecule has 1 heterocycles. The Balaban J connectivity index is 2.13. The highest BCUT2D eigenvalue weighted by atomic mass is 19.1. The molecule has 1 aliphatic heterocycles. The van der Waals surface area contributed by atoms with E-state index in [1.54, 1.807) is 0 Å². The Morgan fingerprint density at radius 1 is 1.35 bits per heavy atom. The second-order valence-corrected chi connectivity index (χ2v) is 4.47. The minimum absolute atomic E-state index is 0.00984. The molecule has 2 rings (SSSR count). The van der Waals surface area contributed by atoms with E-state index >= 15 is 0 Å². The highest BCUT2D eigenvalue weighted by molar-refractivity contribution is 5.26. The minimum atomic E-state index is -0.514. The van der Waals surface area contributed by atoms with Gasteiger partial charge in [-0.15, -0.1) is 0 Å². The first-order chi connectivity index (χ1) is 8.20. The van der Waals surface area contributed by atoms with E-state index < -0.39 is 11.6 Å². The lowest BCUT2D eigenvalue weighted by atomic mass is 10.0. The van der Waals surface area contributed by atoms with Gasteiger partial charge in [0.1, 0.15) is 11.6 Å². The van der Waals surface area contributed by atoms with E-state index in [1.165, 1.54) is 19.2 Å². The van der Waals surface area contributed by atoms with Crippen LogP contribution in [0.4, 0.5) is 8.78 Å². The first kappa shape index (κ1) is 12.5. The highest BCUT2D eigenvalue weighted by Gasteiger charge is 2.17. The predicted octanol–water partition coefficient (Wildman–Crippen LogP) is 2.41. The molecule has 0 amide bonds. The van der Waals surface area contributed by atoms with Crippen molar-refractivity contribution < 1.29 is 13.5 Å². The SMILES string of the molecule is COCc1c(F)cc(CC2CCCN2)cc1F. The largest absolute Gasteiger partial charge is 0.380 e. The van der Waals surface area contributed by atoms with E-state index in [2.05, 4.69) is 5.32 Å². The summed E-state index contributed by atoms with van der Waals surface area (Å²) < 4.78 is 32.0. The zero-order valence-electron chi connectivity index (χ0n) is 9.93. The van der Waals surface area contributed by atoms with Crippen LogP contribution in [-0.4, -0.2) is 19.7 Å². The molecule has 0 saturated carbocycles. The number of methoxy groups -OCH3 is 1. The first-order valence-electron chi connectivity index (χ1n) is 5.90. The summed E-state index contributed by atoms with van der Waals surface area (Å²) in [6.45, 7) is 0.969. The molecule has 1 saturated heterocycles. The van der Waals surface area contributed by atoms with Gasteiger partial charge in [0.25, 0.3) is 0 Å². The number of hydrogen-bond acceptors (Lipinski definition) is 2. The molecule has 0 aromatic heterocycles. The van der Waals surface area contributed by atoms with Crippen molar-refractivity contribution in [1.82, 2.24) is 5.32 Å². The van der Waals surface area contributed by atoms with Crippen LogP contribution in [0, 0.1) is 11.6 Å². The Morgan fingerprint density at radius 2 is 2.06 bits per heavy atom. The summed E-state index contributed by atoms with van der Waals surface area (Å²) in [5.41, 5.74) is 0.717. The molecule has 2 nitrogen and oxygen atoms in total. The third-order valence-corrected chi connectivity index (χ3v) is 3.13. The van der Waals surface area contributed by atoms with Crippen molar-refractivity contribution in [2.45, 2.75) is 31.9 Å². The van der Waals surface area contributed by atoms with Crippen LogP contribution in [0.5, 0.6) is 0 Å². The fourth-order valence-electron chi connectivity index (χ4n) is 2.27. The second kappa shape index (κ2) is 5.56. The van der Waals surface area contributed by atoms with Crippen LogP contribution in [0.1, 0.15) is 24.0 Å². The number of rotatable bonds is 4. The van der Waals surface area contributed by atoms with Gasteiger partial charge < -0.3 is 10.1 Å². The van der Waals surface area contributed by atoms with Crippen LogP contribution >= 0.6 is 0 Å². The van der Waals surface area contributed by atoms with Crippen LogP contribution in [0.3, 0.4) is 0 Å². The molecule has 1 aliphatic rings. The van der Waals surface area contributed by atoms with Crippen LogP contribution in [0.15, 0.2) is 12.1 Å². The molecule has 17 heavy (non-hydrogen) atoms. The molecule has 1 aromatic carbocycles. The summed E-state index contributed by atoms with van der Waals surface area (Å²) in [6.07, 6.45) is 2.89. The normalized spacial score (nSPS) is 19.8. The third kappa shape index (κ3) is 3.01. The van der Waals surface area contributed by atoms with Gasteiger partial charge in [-0.1, -0.05) is 0 Å². The molecule has 1 atom stereocenters. The van der Waals surface area contributed by atoms with Crippen molar-refractivity contribution in [2.75, 3.05) is 13.7 Å². The molecule has 0 radical (unpaired) electrons. The second-order valence-electron chi connectivity index (χ2n) is 4.47. The summed E-state index contributed by atoms with van der Waals surface area (Å²) >= 11 is 0. The monoisotopic (exact) mass is 241 g/mol. The Morgan fingerprint density at radius 3 is 2.59 bits per heavy atom. The summed E-state index contributed by atoms with van der Waals surface area (Å²) in [5.74, 6) is -1.03. The van der Waals surface area contributed by atoms with Gasteiger partial charge in [0.2, 0.25) is 0 Å². The van der Waals surface area contributed by atoms with Crippen molar-refractivity contribution in [3.8, 4) is 0 Å². The number of benzene rings is 1. The van der Waals surface area contributed by atoms with E-state index in [9.17, 15) is 8.78 Å². The van der Waals surface area contributed by atoms with Crippen LogP contribution < -0.4 is 5.32 Å². The van der Waals surface area contributed by atoms with Gasteiger partial charge in [-0.05, 0) is 43.5 Å². The van der Waals surface area contributed by atoms with E-state index in [0.29, 0.717) is 18.0 Å². The van der Waals surface area contributed by atoms with Gasteiger partial charge in [-0.25, -0.2) is 8.78 Å². The lowest BCUT2D eigenvalue weighted by Crippen LogP contribution is -2.23. The smallest absolute Gasteiger partial charge is 0.131 e. The number of hydrogen-bond donors (Lipinski definition) is 1. The molecule has 1 aromatic rings. The fraction of sp³-hybridized carbons (Fsp3) is 0.538. The van der Waals surface area contributed by atoms with Crippen LogP contribution in [0.2, 0.25) is 0 Å². The maximum Gasteiger partial charge on any atom is 0.131 e. The summed E-state index contributed by atoms with van der Waals surface area (Å²) in [7, 11) is 1.43. The quantitative estimate of drug-likeness (QED) is 0.874. The number of halogens is 2. The lowest BCUT2D eigenvalue weighted by molar-refractivity contribution is 0.177. The van der Waals surface area contributed by atoms with E-state index in [4.69, 9.17) is 4.74 Å². The Kier molecular flexibility index (Phi) is 4.07. The average molecular weight is 241 g/mol. The van der Waals surface area contributed by atoms with Crippen molar-refractivity contribution in [1.29, 1.82) is 0 Å². The summed E-state index contributed by atoms with van der Waals surface area (Å²) in [5, 5.41) is 3.31.